The van der Waals surface area contributed by atoms with Crippen LogP contribution in [0, 0.1) is 11.8 Å². The van der Waals surface area contributed by atoms with E-state index < -0.39 is 0 Å². The molecule has 1 unspecified atom stereocenters. The predicted molar refractivity (Wildman–Crippen MR) is 93.3 cm³/mol. The van der Waals surface area contributed by atoms with Crippen molar-refractivity contribution in [2.75, 3.05) is 26.2 Å². The molecule has 124 valence electrons. The van der Waals surface area contributed by atoms with Crippen molar-refractivity contribution in [3.63, 3.8) is 0 Å². The monoisotopic (exact) mass is 323 g/mol. The van der Waals surface area contributed by atoms with E-state index in [0.717, 1.165) is 25.6 Å². The molecule has 1 aromatic heterocycles. The van der Waals surface area contributed by atoms with E-state index in [9.17, 15) is 4.79 Å². The first-order chi connectivity index (χ1) is 10.6. The van der Waals surface area contributed by atoms with Gasteiger partial charge in [0.1, 0.15) is 0 Å². The summed E-state index contributed by atoms with van der Waals surface area (Å²) in [4.78, 5) is 15.8. The molecule has 0 radical (unpaired) electrons. The third-order valence-electron chi connectivity index (χ3n) is 4.26. The number of likely N-dealkylation sites (tertiary alicyclic amines) is 1. The van der Waals surface area contributed by atoms with Crippen molar-refractivity contribution < 1.29 is 4.79 Å². The van der Waals surface area contributed by atoms with Gasteiger partial charge in [-0.1, -0.05) is 26.8 Å². The van der Waals surface area contributed by atoms with Gasteiger partial charge in [0.15, 0.2) is 0 Å². The highest BCUT2D eigenvalue weighted by Crippen LogP contribution is 2.28. The van der Waals surface area contributed by atoms with Crippen LogP contribution in [0.1, 0.15) is 44.5 Å². The lowest BCUT2D eigenvalue weighted by molar-refractivity contribution is 0.138. The Balaban J connectivity index is 1.90. The first-order valence-electron chi connectivity index (χ1n) is 8.35. The molecule has 0 aliphatic carbocycles. The molecule has 1 atom stereocenters. The molecule has 0 spiro atoms. The lowest BCUT2D eigenvalue weighted by Crippen LogP contribution is -2.44. The Morgan fingerprint density at radius 3 is 2.59 bits per heavy atom. The van der Waals surface area contributed by atoms with Crippen LogP contribution in [0.5, 0.6) is 0 Å². The van der Waals surface area contributed by atoms with Crippen molar-refractivity contribution in [3.05, 3.63) is 22.4 Å². The Morgan fingerprint density at radius 1 is 1.32 bits per heavy atom. The second-order valence-electron chi connectivity index (χ2n) is 6.73. The fraction of sp³-hybridized carbons (Fsp3) is 0.706. The number of rotatable bonds is 6. The van der Waals surface area contributed by atoms with Crippen LogP contribution in [-0.4, -0.2) is 37.1 Å². The number of hydrogen-bond donors (Lipinski definition) is 2. The fourth-order valence-corrected chi connectivity index (χ4v) is 3.64. The summed E-state index contributed by atoms with van der Waals surface area (Å²) in [7, 11) is 0. The maximum absolute atomic E-state index is 11.9. The van der Waals surface area contributed by atoms with Crippen molar-refractivity contribution in [2.24, 2.45) is 11.8 Å². The minimum absolute atomic E-state index is 0.0550. The molecular weight excluding hydrogens is 294 g/mol. The van der Waals surface area contributed by atoms with Crippen LogP contribution in [0.3, 0.4) is 0 Å². The average molecular weight is 324 g/mol. The summed E-state index contributed by atoms with van der Waals surface area (Å²) in [5.74, 6) is 1.30. The Morgan fingerprint density at radius 2 is 2.00 bits per heavy atom. The van der Waals surface area contributed by atoms with Crippen molar-refractivity contribution in [1.29, 1.82) is 0 Å². The van der Waals surface area contributed by atoms with Gasteiger partial charge in [-0.25, -0.2) is 4.79 Å². The molecule has 2 heterocycles. The maximum atomic E-state index is 11.9. The lowest BCUT2D eigenvalue weighted by atomic mass is 9.97. The van der Waals surface area contributed by atoms with E-state index in [2.05, 4.69) is 53.8 Å². The molecule has 4 nitrogen and oxygen atoms in total. The van der Waals surface area contributed by atoms with Crippen LogP contribution in [-0.2, 0) is 0 Å². The van der Waals surface area contributed by atoms with Crippen LogP contribution in [0.2, 0.25) is 0 Å². The van der Waals surface area contributed by atoms with Crippen LogP contribution < -0.4 is 10.6 Å². The number of carbonyl (C=O) groups is 1. The Hall–Kier alpha value is -1.07. The van der Waals surface area contributed by atoms with Gasteiger partial charge in [-0.2, -0.15) is 0 Å². The minimum atomic E-state index is -0.0550. The summed E-state index contributed by atoms with van der Waals surface area (Å²) in [5.41, 5.74) is 0. The minimum Gasteiger partial charge on any atom is -0.338 e. The summed E-state index contributed by atoms with van der Waals surface area (Å²) in [6, 6.07) is 4.53. The number of urea groups is 1. The lowest BCUT2D eigenvalue weighted by Gasteiger charge is -2.36. The summed E-state index contributed by atoms with van der Waals surface area (Å²) >= 11 is 1.78. The van der Waals surface area contributed by atoms with Crippen molar-refractivity contribution >= 4 is 17.4 Å². The standard InChI is InChI=1S/C17H29N3OS/c1-13(2)11-18-17(21)19-12-15(16-5-4-10-22-16)20-8-6-14(3)7-9-20/h4-5,10,13-15H,6-9,11-12H2,1-3H3,(H2,18,19,21). The molecule has 0 aromatic carbocycles. The fourth-order valence-electron chi connectivity index (χ4n) is 2.78. The Kier molecular flexibility index (Phi) is 6.70. The maximum Gasteiger partial charge on any atom is 0.314 e. The number of piperidine rings is 1. The van der Waals surface area contributed by atoms with Crippen LogP contribution >= 0.6 is 11.3 Å². The van der Waals surface area contributed by atoms with Crippen LogP contribution in [0.4, 0.5) is 4.79 Å². The van der Waals surface area contributed by atoms with Gasteiger partial charge in [0, 0.05) is 18.0 Å². The van der Waals surface area contributed by atoms with Crippen molar-refractivity contribution in [2.45, 2.75) is 39.7 Å². The molecule has 1 aliphatic rings. The molecule has 1 saturated heterocycles. The Bertz CT molecular complexity index is 439. The van der Waals surface area contributed by atoms with Crippen LogP contribution in [0.15, 0.2) is 17.5 Å². The van der Waals surface area contributed by atoms with Gasteiger partial charge in [0.05, 0.1) is 6.04 Å². The number of nitrogens with zero attached hydrogens (tertiary/aromatic N) is 1. The summed E-state index contributed by atoms with van der Waals surface area (Å²) < 4.78 is 0. The predicted octanol–water partition coefficient (Wildman–Crippen LogP) is 3.48. The van der Waals surface area contributed by atoms with Gasteiger partial charge in [-0.3, -0.25) is 4.90 Å². The van der Waals surface area contributed by atoms with Gasteiger partial charge in [-0.05, 0) is 49.2 Å². The average Bonchev–Trinajstić information content (AvgIpc) is 3.01. The molecule has 0 saturated carbocycles. The molecule has 2 amide bonds. The molecule has 1 aliphatic heterocycles. The summed E-state index contributed by atoms with van der Waals surface area (Å²) in [5, 5.41) is 8.10. The summed E-state index contributed by atoms with van der Waals surface area (Å²) in [6.07, 6.45) is 2.50. The van der Waals surface area contributed by atoms with Gasteiger partial charge in [-0.15, -0.1) is 11.3 Å². The highest BCUT2D eigenvalue weighted by atomic mass is 32.1. The molecule has 22 heavy (non-hydrogen) atoms. The van der Waals surface area contributed by atoms with E-state index in [1.54, 1.807) is 11.3 Å². The quantitative estimate of drug-likeness (QED) is 0.842. The van der Waals surface area contributed by atoms with Crippen molar-refractivity contribution in [1.82, 2.24) is 15.5 Å². The van der Waals surface area contributed by atoms with Crippen LogP contribution in [0.25, 0.3) is 0 Å². The SMILES string of the molecule is CC(C)CNC(=O)NCC(c1cccs1)N1CCC(C)CC1. The largest absolute Gasteiger partial charge is 0.338 e. The van der Waals surface area contributed by atoms with Gasteiger partial charge in [0.25, 0.3) is 0 Å². The molecule has 1 fully saturated rings. The topological polar surface area (TPSA) is 44.4 Å². The molecule has 0 bridgehead atoms. The van der Waals surface area contributed by atoms with Crippen molar-refractivity contribution in [3.8, 4) is 0 Å². The number of hydrogen-bond acceptors (Lipinski definition) is 3. The van der Waals surface area contributed by atoms with E-state index in [1.807, 2.05) is 0 Å². The number of carbonyl (C=O) groups excluding carboxylic acids is 1. The highest BCUT2D eigenvalue weighted by Gasteiger charge is 2.25. The third-order valence-corrected chi connectivity index (χ3v) is 5.23. The number of amides is 2. The third kappa shape index (κ3) is 5.29. The zero-order valence-corrected chi connectivity index (χ0v) is 14.8. The Labute approximate surface area is 138 Å². The normalized spacial score (nSPS) is 18.4. The molecule has 2 rings (SSSR count). The van der Waals surface area contributed by atoms with E-state index in [1.165, 1.54) is 17.7 Å². The molecule has 2 N–H and O–H groups in total. The zero-order valence-electron chi connectivity index (χ0n) is 14.0. The van der Waals surface area contributed by atoms with Gasteiger partial charge >= 0.3 is 6.03 Å². The van der Waals surface area contributed by atoms with Gasteiger partial charge < -0.3 is 10.6 Å². The molecule has 1 aromatic rings. The van der Waals surface area contributed by atoms with Gasteiger partial charge in [0.2, 0.25) is 0 Å². The second kappa shape index (κ2) is 8.53. The number of nitrogens with one attached hydrogen (secondary N) is 2. The first kappa shape index (κ1) is 17.3. The summed E-state index contributed by atoms with van der Waals surface area (Å²) in [6.45, 7) is 10.2. The number of thiophene rings is 1. The van der Waals surface area contributed by atoms with E-state index in [4.69, 9.17) is 0 Å². The highest BCUT2D eigenvalue weighted by molar-refractivity contribution is 7.10. The van der Waals surface area contributed by atoms with E-state index >= 15 is 0 Å². The molecule has 5 heteroatoms. The van der Waals surface area contributed by atoms with E-state index in [-0.39, 0.29) is 6.03 Å². The molecular formula is C17H29N3OS. The smallest absolute Gasteiger partial charge is 0.314 e. The van der Waals surface area contributed by atoms with E-state index in [0.29, 0.717) is 18.5 Å². The second-order valence-corrected chi connectivity index (χ2v) is 7.71. The zero-order chi connectivity index (χ0) is 15.9. The first-order valence-corrected chi connectivity index (χ1v) is 9.23.